The van der Waals surface area contributed by atoms with E-state index < -0.39 is 0 Å². The summed E-state index contributed by atoms with van der Waals surface area (Å²) in [6.45, 7) is 2.12. The van der Waals surface area contributed by atoms with E-state index in [-0.39, 0.29) is 0 Å². The van der Waals surface area contributed by atoms with Crippen LogP contribution < -0.4 is 0 Å². The maximum absolute atomic E-state index is 8.64. The van der Waals surface area contributed by atoms with E-state index in [2.05, 4.69) is 19.1 Å². The van der Waals surface area contributed by atoms with Gasteiger partial charge in [-0.3, -0.25) is 0 Å². The number of hydrogen-bond acceptors (Lipinski definition) is 2. The van der Waals surface area contributed by atoms with E-state index >= 15 is 0 Å². The summed E-state index contributed by atoms with van der Waals surface area (Å²) in [4.78, 5) is 0. The summed E-state index contributed by atoms with van der Waals surface area (Å²) in [6.07, 6.45) is 1.03. The van der Waals surface area contributed by atoms with Crippen molar-refractivity contribution in [3.05, 3.63) is 47.7 Å². The van der Waals surface area contributed by atoms with Crippen molar-refractivity contribution in [1.29, 1.82) is 5.26 Å². The maximum atomic E-state index is 8.64. The van der Waals surface area contributed by atoms with Gasteiger partial charge in [0.15, 0.2) is 0 Å². The molecule has 2 heteroatoms. The smallest absolute Gasteiger partial charge is 0.204 e. The molecule has 1 heterocycles. The number of nitrogens with zero attached hydrogens (tertiary/aromatic N) is 1. The van der Waals surface area contributed by atoms with Gasteiger partial charge >= 0.3 is 0 Å². The molecule has 0 saturated heterocycles. The number of aryl methyl sites for hydroxylation is 1. The lowest BCUT2D eigenvalue weighted by Gasteiger charge is -1.98. The summed E-state index contributed by atoms with van der Waals surface area (Å²) in [6, 6.07) is 13.6. The molecule has 0 aliphatic heterocycles. The minimum atomic E-state index is 0.351. The number of nitriles is 1. The van der Waals surface area contributed by atoms with Gasteiger partial charge in [0.1, 0.15) is 11.8 Å². The Morgan fingerprint density at radius 1 is 1.13 bits per heavy atom. The lowest BCUT2D eigenvalue weighted by atomic mass is 10.1. The van der Waals surface area contributed by atoms with Gasteiger partial charge in [0.05, 0.1) is 0 Å². The summed E-state index contributed by atoms with van der Waals surface area (Å²) in [7, 11) is 0. The topological polar surface area (TPSA) is 36.9 Å². The van der Waals surface area contributed by atoms with Gasteiger partial charge in [-0.1, -0.05) is 31.2 Å². The molecule has 0 aliphatic rings. The standard InChI is InChI=1S/C13H11NO/c1-2-10-3-5-11(6-4-10)13-8-7-12(9-14)15-13/h3-8H,2H2,1H3. The molecule has 74 valence electrons. The fourth-order valence-electron chi connectivity index (χ4n) is 1.46. The van der Waals surface area contributed by atoms with Gasteiger partial charge in [0.2, 0.25) is 5.76 Å². The van der Waals surface area contributed by atoms with Gasteiger partial charge < -0.3 is 4.42 Å². The van der Waals surface area contributed by atoms with Crippen molar-refractivity contribution in [3.63, 3.8) is 0 Å². The Balaban J connectivity index is 2.33. The first kappa shape index (κ1) is 9.54. The Kier molecular flexibility index (Phi) is 2.55. The first-order valence-corrected chi connectivity index (χ1v) is 4.92. The third kappa shape index (κ3) is 1.92. The Labute approximate surface area is 88.8 Å². The van der Waals surface area contributed by atoms with Crippen molar-refractivity contribution in [2.45, 2.75) is 13.3 Å². The molecule has 2 rings (SSSR count). The molecule has 0 atom stereocenters. The molecule has 0 unspecified atom stereocenters. The highest BCUT2D eigenvalue weighted by Gasteiger charge is 2.03. The molecule has 2 nitrogen and oxygen atoms in total. The first-order chi connectivity index (χ1) is 7.33. The molecule has 0 N–H and O–H groups in total. The highest BCUT2D eigenvalue weighted by Crippen LogP contribution is 2.22. The maximum Gasteiger partial charge on any atom is 0.204 e. The van der Waals surface area contributed by atoms with E-state index in [9.17, 15) is 0 Å². The van der Waals surface area contributed by atoms with Gasteiger partial charge in [-0.2, -0.15) is 5.26 Å². The van der Waals surface area contributed by atoms with Crippen LogP contribution in [0.1, 0.15) is 18.2 Å². The quantitative estimate of drug-likeness (QED) is 0.740. The van der Waals surface area contributed by atoms with E-state index in [4.69, 9.17) is 9.68 Å². The van der Waals surface area contributed by atoms with Crippen LogP contribution in [-0.2, 0) is 6.42 Å². The van der Waals surface area contributed by atoms with Crippen LogP contribution in [0.2, 0.25) is 0 Å². The van der Waals surface area contributed by atoms with Gasteiger partial charge in [0, 0.05) is 5.56 Å². The Morgan fingerprint density at radius 2 is 1.87 bits per heavy atom. The van der Waals surface area contributed by atoms with Gasteiger partial charge in [0.25, 0.3) is 0 Å². The average molecular weight is 197 g/mol. The highest BCUT2D eigenvalue weighted by molar-refractivity contribution is 5.58. The van der Waals surface area contributed by atoms with Gasteiger partial charge in [-0.25, -0.2) is 0 Å². The zero-order valence-corrected chi connectivity index (χ0v) is 8.53. The van der Waals surface area contributed by atoms with Crippen LogP contribution in [0.5, 0.6) is 0 Å². The monoisotopic (exact) mass is 197 g/mol. The molecule has 1 aromatic heterocycles. The molecular weight excluding hydrogens is 186 g/mol. The largest absolute Gasteiger partial charge is 0.446 e. The molecule has 0 bridgehead atoms. The van der Waals surface area contributed by atoms with Crippen LogP contribution in [0.15, 0.2) is 40.8 Å². The van der Waals surface area contributed by atoms with Crippen molar-refractivity contribution >= 4 is 0 Å². The number of benzene rings is 1. The second kappa shape index (κ2) is 4.02. The second-order valence-corrected chi connectivity index (χ2v) is 3.33. The lowest BCUT2D eigenvalue weighted by Crippen LogP contribution is -1.79. The van der Waals surface area contributed by atoms with Crippen LogP contribution >= 0.6 is 0 Å². The first-order valence-electron chi connectivity index (χ1n) is 4.92. The van der Waals surface area contributed by atoms with Crippen molar-refractivity contribution in [3.8, 4) is 17.4 Å². The number of furan rings is 1. The van der Waals surface area contributed by atoms with E-state index in [1.54, 1.807) is 6.07 Å². The average Bonchev–Trinajstić information content (AvgIpc) is 2.78. The summed E-state index contributed by atoms with van der Waals surface area (Å²) >= 11 is 0. The molecule has 0 aliphatic carbocycles. The van der Waals surface area contributed by atoms with Crippen molar-refractivity contribution in [2.24, 2.45) is 0 Å². The van der Waals surface area contributed by atoms with Crippen molar-refractivity contribution in [1.82, 2.24) is 0 Å². The zero-order chi connectivity index (χ0) is 10.7. The van der Waals surface area contributed by atoms with E-state index in [1.807, 2.05) is 24.3 Å². The van der Waals surface area contributed by atoms with E-state index in [0.29, 0.717) is 5.76 Å². The number of hydrogen-bond donors (Lipinski definition) is 0. The van der Waals surface area contributed by atoms with E-state index in [0.717, 1.165) is 17.7 Å². The molecule has 15 heavy (non-hydrogen) atoms. The van der Waals surface area contributed by atoms with Crippen molar-refractivity contribution < 1.29 is 4.42 Å². The van der Waals surface area contributed by atoms with Crippen LogP contribution in [0.4, 0.5) is 0 Å². The number of rotatable bonds is 2. The molecule has 0 saturated carbocycles. The SMILES string of the molecule is CCc1ccc(-c2ccc(C#N)o2)cc1. The molecule has 0 radical (unpaired) electrons. The minimum absolute atomic E-state index is 0.351. The molecule has 2 aromatic rings. The van der Waals surface area contributed by atoms with Gasteiger partial charge in [-0.15, -0.1) is 0 Å². The Hall–Kier alpha value is -2.01. The van der Waals surface area contributed by atoms with Crippen LogP contribution in [0.3, 0.4) is 0 Å². The summed E-state index contributed by atoms with van der Waals surface area (Å²) in [5.41, 5.74) is 2.31. The predicted molar refractivity (Wildman–Crippen MR) is 58.2 cm³/mol. The van der Waals surface area contributed by atoms with Crippen LogP contribution in [0, 0.1) is 11.3 Å². The fraction of sp³-hybridized carbons (Fsp3) is 0.154. The van der Waals surface area contributed by atoms with Crippen LogP contribution in [-0.4, -0.2) is 0 Å². The molecule has 0 fully saturated rings. The normalized spacial score (nSPS) is 9.87. The fourth-order valence-corrected chi connectivity index (χ4v) is 1.46. The molecule has 0 spiro atoms. The van der Waals surface area contributed by atoms with E-state index in [1.165, 1.54) is 5.56 Å². The second-order valence-electron chi connectivity index (χ2n) is 3.33. The predicted octanol–water partition coefficient (Wildman–Crippen LogP) is 3.38. The molecule has 0 amide bonds. The van der Waals surface area contributed by atoms with Crippen molar-refractivity contribution in [2.75, 3.05) is 0 Å². The molecular formula is C13H11NO. The minimum Gasteiger partial charge on any atom is -0.446 e. The Bertz CT molecular complexity index is 488. The lowest BCUT2D eigenvalue weighted by molar-refractivity contribution is 0.567. The summed E-state index contributed by atoms with van der Waals surface area (Å²) in [5, 5.41) is 8.64. The zero-order valence-electron chi connectivity index (χ0n) is 8.53. The Morgan fingerprint density at radius 3 is 2.40 bits per heavy atom. The molecule has 1 aromatic carbocycles. The van der Waals surface area contributed by atoms with Crippen LogP contribution in [0.25, 0.3) is 11.3 Å². The highest BCUT2D eigenvalue weighted by atomic mass is 16.3. The summed E-state index contributed by atoms with van der Waals surface area (Å²) in [5.74, 6) is 1.10. The third-order valence-electron chi connectivity index (χ3n) is 2.36. The third-order valence-corrected chi connectivity index (χ3v) is 2.36. The van der Waals surface area contributed by atoms with Gasteiger partial charge in [-0.05, 0) is 24.1 Å². The summed E-state index contributed by atoms with van der Waals surface area (Å²) < 4.78 is 5.33.